The van der Waals surface area contributed by atoms with Crippen LogP contribution in [0.2, 0.25) is 0 Å². The summed E-state index contributed by atoms with van der Waals surface area (Å²) in [6.45, 7) is 12.7. The number of fused-ring (bicyclic) bond motifs is 1. The largest absolute Gasteiger partial charge is 0.493 e. The van der Waals surface area contributed by atoms with Gasteiger partial charge < -0.3 is 24.4 Å². The van der Waals surface area contributed by atoms with E-state index in [4.69, 9.17) is 14.2 Å². The number of pyridine rings is 1. The van der Waals surface area contributed by atoms with Gasteiger partial charge in [0.2, 0.25) is 5.60 Å². The number of hydrogen-bond donors (Lipinski definition) is 3. The molecule has 3 aromatic rings. The van der Waals surface area contributed by atoms with Crippen LogP contribution in [-0.2, 0) is 26.9 Å². The molecule has 11 nitrogen and oxygen atoms in total. The van der Waals surface area contributed by atoms with Gasteiger partial charge in [0.1, 0.15) is 18.0 Å². The minimum atomic E-state index is -5.38. The van der Waals surface area contributed by atoms with E-state index in [1.807, 2.05) is 0 Å². The SMILES string of the molecule is COc1cc(C(=O)CC[C@@](O)(c2cc3c(c(-c4ccc(F)cc4)n2)N(C(=O)OC(C)(C)C)C[C@@]3(C)NS(=O)C(C)(C)C)C(F)(F)F)ccc1OC[C@@H](C)O. The number of alkyl halides is 3. The lowest BCUT2D eigenvalue weighted by Gasteiger charge is -2.33. The van der Waals surface area contributed by atoms with Crippen LogP contribution in [0.5, 0.6) is 11.5 Å². The highest BCUT2D eigenvalue weighted by Crippen LogP contribution is 2.50. The van der Waals surface area contributed by atoms with Crippen LogP contribution in [0.1, 0.15) is 89.8 Å². The Bertz CT molecular complexity index is 1890. The predicted octanol–water partition coefficient (Wildman–Crippen LogP) is 7.09. The van der Waals surface area contributed by atoms with Crippen LogP contribution in [0.25, 0.3) is 11.3 Å². The van der Waals surface area contributed by atoms with Gasteiger partial charge in [-0.15, -0.1) is 0 Å². The zero-order chi connectivity index (χ0) is 40.6. The number of Topliss-reactive ketones (excluding diaryl/α,β-unsaturated/α-hetero) is 1. The number of carbonyl (C=O) groups excluding carboxylic acids is 2. The summed E-state index contributed by atoms with van der Waals surface area (Å²) in [5.74, 6) is -1.11. The monoisotopic (exact) mass is 781 g/mol. The number of rotatable bonds is 12. The highest BCUT2D eigenvalue weighted by atomic mass is 32.2. The number of methoxy groups -OCH3 is 1. The standard InChI is InChI=1S/C38H47F4N3O8S/c1-22(46)20-52-28-15-12-24(18-29(28)51-9)27(47)16-17-37(49,38(40,41)42)30-19-26-32(31(43-30)23-10-13-25(39)14-11-23)45(33(48)53-34(2,3)4)21-36(26,8)44-54(50)35(5,6)7/h10-15,18-19,22,44,46,49H,16-17,20-21H2,1-9H3/t22-,36-,37-,54?/m1/s1. The van der Waals surface area contributed by atoms with Gasteiger partial charge in [-0.2, -0.15) is 13.2 Å². The number of ether oxygens (including phenoxy) is 3. The van der Waals surface area contributed by atoms with E-state index in [2.05, 4.69) is 9.71 Å². The number of aliphatic hydroxyl groups is 2. The second kappa shape index (κ2) is 15.6. The Balaban J connectivity index is 1.90. The zero-order valence-electron chi connectivity index (χ0n) is 31.7. The second-order valence-corrected chi connectivity index (χ2v) is 17.4. The Hall–Kier alpha value is -4.12. The number of anilines is 1. The molecule has 0 fully saturated rings. The molecule has 3 N–H and O–H groups in total. The van der Waals surface area contributed by atoms with Crippen molar-refractivity contribution in [2.24, 2.45) is 0 Å². The first kappa shape index (κ1) is 42.6. The molecule has 2 heterocycles. The highest BCUT2D eigenvalue weighted by molar-refractivity contribution is 7.84. The number of benzene rings is 2. The molecule has 1 aliphatic heterocycles. The smallest absolute Gasteiger partial charge is 0.422 e. The molecule has 4 atom stereocenters. The third-order valence-electron chi connectivity index (χ3n) is 8.51. The first-order chi connectivity index (χ1) is 24.8. The van der Waals surface area contributed by atoms with Crippen LogP contribution in [0.4, 0.5) is 28.0 Å². The van der Waals surface area contributed by atoms with E-state index in [0.717, 1.165) is 18.2 Å². The Kier molecular flexibility index (Phi) is 12.3. The number of halogens is 4. The molecule has 1 aromatic heterocycles. The van der Waals surface area contributed by atoms with Gasteiger partial charge in [-0.3, -0.25) is 9.69 Å². The third kappa shape index (κ3) is 9.39. The molecular weight excluding hydrogens is 734 g/mol. The predicted molar refractivity (Wildman–Crippen MR) is 195 cm³/mol. The molecule has 0 radical (unpaired) electrons. The Morgan fingerprint density at radius 2 is 1.67 bits per heavy atom. The maximum atomic E-state index is 15.2. The topological polar surface area (TPSA) is 148 Å². The van der Waals surface area contributed by atoms with Gasteiger partial charge in [0.05, 0.1) is 58.1 Å². The van der Waals surface area contributed by atoms with Crippen molar-refractivity contribution in [3.05, 3.63) is 71.2 Å². The highest BCUT2D eigenvalue weighted by Gasteiger charge is 2.57. The molecule has 0 saturated heterocycles. The van der Waals surface area contributed by atoms with E-state index >= 15 is 13.2 Å². The van der Waals surface area contributed by atoms with Crippen molar-refractivity contribution in [2.75, 3.05) is 25.2 Å². The van der Waals surface area contributed by atoms with E-state index in [1.54, 1.807) is 48.5 Å². The molecule has 2 aromatic carbocycles. The van der Waals surface area contributed by atoms with E-state index < -0.39 is 81.0 Å². The fourth-order valence-corrected chi connectivity index (χ4v) is 6.57. The molecule has 0 saturated carbocycles. The molecule has 54 heavy (non-hydrogen) atoms. The van der Waals surface area contributed by atoms with E-state index in [-0.39, 0.29) is 52.7 Å². The van der Waals surface area contributed by atoms with Crippen molar-refractivity contribution in [3.8, 4) is 22.8 Å². The Labute approximate surface area is 314 Å². The quantitative estimate of drug-likeness (QED) is 0.129. The van der Waals surface area contributed by atoms with Crippen molar-refractivity contribution in [3.63, 3.8) is 0 Å². The summed E-state index contributed by atoms with van der Waals surface area (Å²) >= 11 is 0. The van der Waals surface area contributed by atoms with Crippen molar-refractivity contribution < 1.29 is 55.8 Å². The summed E-state index contributed by atoms with van der Waals surface area (Å²) in [5.41, 5.74) is -7.20. The molecule has 296 valence electrons. The summed E-state index contributed by atoms with van der Waals surface area (Å²) in [7, 11) is -0.511. The van der Waals surface area contributed by atoms with Gasteiger partial charge in [-0.05, 0) is 110 Å². The molecule has 1 aliphatic rings. The number of nitrogens with one attached hydrogen (secondary N) is 1. The van der Waals surface area contributed by atoms with Crippen molar-refractivity contribution in [1.29, 1.82) is 0 Å². The molecule has 1 amide bonds. The van der Waals surface area contributed by atoms with Crippen molar-refractivity contribution >= 4 is 28.5 Å². The van der Waals surface area contributed by atoms with Gasteiger partial charge in [0.15, 0.2) is 17.3 Å². The summed E-state index contributed by atoms with van der Waals surface area (Å²) in [4.78, 5) is 32.6. The average molecular weight is 782 g/mol. The molecule has 0 spiro atoms. The van der Waals surface area contributed by atoms with Crippen LogP contribution >= 0.6 is 0 Å². The lowest BCUT2D eigenvalue weighted by molar-refractivity contribution is -0.270. The van der Waals surface area contributed by atoms with Gasteiger partial charge in [-0.25, -0.2) is 23.1 Å². The average Bonchev–Trinajstić information content (AvgIpc) is 3.36. The third-order valence-corrected chi connectivity index (χ3v) is 10.3. The number of aliphatic hydroxyl groups excluding tert-OH is 1. The van der Waals surface area contributed by atoms with Crippen molar-refractivity contribution in [2.45, 2.75) is 102 Å². The Morgan fingerprint density at radius 3 is 2.20 bits per heavy atom. The number of carbonyl (C=O) groups is 2. The first-order valence-electron chi connectivity index (χ1n) is 17.1. The summed E-state index contributed by atoms with van der Waals surface area (Å²) < 4.78 is 91.8. The Morgan fingerprint density at radius 1 is 1.04 bits per heavy atom. The summed E-state index contributed by atoms with van der Waals surface area (Å²) in [5, 5.41) is 21.2. The van der Waals surface area contributed by atoms with Crippen LogP contribution < -0.4 is 19.1 Å². The van der Waals surface area contributed by atoms with Gasteiger partial charge in [-0.1, -0.05) is 0 Å². The summed E-state index contributed by atoms with van der Waals surface area (Å²) in [6.07, 6.45) is -9.02. The van der Waals surface area contributed by atoms with Crippen LogP contribution in [0.3, 0.4) is 0 Å². The lowest BCUT2D eigenvalue weighted by atomic mass is 9.86. The number of aromatic nitrogens is 1. The normalized spacial score (nSPS) is 18.4. The molecule has 0 bridgehead atoms. The minimum Gasteiger partial charge on any atom is -0.493 e. The van der Waals surface area contributed by atoms with E-state index in [9.17, 15) is 28.4 Å². The molecule has 0 aliphatic carbocycles. The lowest BCUT2D eigenvalue weighted by Crippen LogP contribution is -2.50. The number of hydrogen-bond acceptors (Lipinski definition) is 9. The van der Waals surface area contributed by atoms with Crippen LogP contribution in [-0.4, -0.2) is 74.2 Å². The maximum Gasteiger partial charge on any atom is 0.422 e. The summed E-state index contributed by atoms with van der Waals surface area (Å²) in [6, 6.07) is 9.66. The number of ketones is 1. The molecule has 16 heteroatoms. The van der Waals surface area contributed by atoms with E-state index in [1.165, 1.54) is 49.3 Å². The van der Waals surface area contributed by atoms with Crippen molar-refractivity contribution in [1.82, 2.24) is 9.71 Å². The number of amides is 1. The van der Waals surface area contributed by atoms with Crippen LogP contribution in [0, 0.1) is 5.82 Å². The second-order valence-electron chi connectivity index (χ2n) is 15.4. The molecule has 4 rings (SSSR count). The van der Waals surface area contributed by atoms with E-state index in [0.29, 0.717) is 0 Å². The van der Waals surface area contributed by atoms with Gasteiger partial charge in [0.25, 0.3) is 0 Å². The fraction of sp³-hybridized carbons (Fsp3) is 0.500. The number of nitrogens with zero attached hydrogens (tertiary/aromatic N) is 2. The fourth-order valence-electron chi connectivity index (χ4n) is 5.68. The van der Waals surface area contributed by atoms with Gasteiger partial charge in [0, 0.05) is 23.1 Å². The van der Waals surface area contributed by atoms with Gasteiger partial charge >= 0.3 is 12.3 Å². The van der Waals surface area contributed by atoms with Crippen LogP contribution in [0.15, 0.2) is 48.5 Å². The molecule has 1 unspecified atom stereocenters. The molecular formula is C38H47F4N3O8S. The maximum absolute atomic E-state index is 15.2. The zero-order valence-corrected chi connectivity index (χ0v) is 32.5. The minimum absolute atomic E-state index is 0.00566. The first-order valence-corrected chi connectivity index (χ1v) is 18.3.